The second kappa shape index (κ2) is 11.4. The van der Waals surface area contributed by atoms with E-state index in [0.29, 0.717) is 31.4 Å². The number of aliphatic imine (C=N–C) groups is 1. The molecule has 0 saturated carbocycles. The number of halogens is 4. The van der Waals surface area contributed by atoms with Crippen molar-refractivity contribution in [3.05, 3.63) is 46.8 Å². The molecule has 0 unspecified atom stereocenters. The van der Waals surface area contributed by atoms with Gasteiger partial charge in [0.25, 0.3) is 0 Å². The van der Waals surface area contributed by atoms with Crippen LogP contribution in [-0.2, 0) is 17.5 Å². The number of hydrogen-bond acceptors (Lipinski definition) is 3. The first-order valence-electron chi connectivity index (χ1n) is 9.02. The summed E-state index contributed by atoms with van der Waals surface area (Å²) in [6.45, 7) is 7.09. The van der Waals surface area contributed by atoms with Crippen molar-refractivity contribution in [3.63, 3.8) is 0 Å². The van der Waals surface area contributed by atoms with Gasteiger partial charge in [-0.25, -0.2) is 4.68 Å². The summed E-state index contributed by atoms with van der Waals surface area (Å²) in [5.74, 6) is 0.412. The molecule has 0 amide bonds. The van der Waals surface area contributed by atoms with Gasteiger partial charge in [-0.15, -0.1) is 24.0 Å². The Kier molecular flexibility index (Phi) is 9.90. The van der Waals surface area contributed by atoms with E-state index >= 15 is 0 Å². The third-order valence-corrected chi connectivity index (χ3v) is 4.07. The maximum atomic E-state index is 13.6. The molecule has 10 heteroatoms. The highest BCUT2D eigenvalue weighted by atomic mass is 127. The Hall–Kier alpha value is -1.82. The van der Waals surface area contributed by atoms with Gasteiger partial charge in [-0.3, -0.25) is 4.99 Å². The Labute approximate surface area is 185 Å². The van der Waals surface area contributed by atoms with Crippen molar-refractivity contribution in [1.82, 2.24) is 20.4 Å². The fourth-order valence-corrected chi connectivity index (χ4v) is 2.79. The lowest BCUT2D eigenvalue weighted by Gasteiger charge is -2.17. The van der Waals surface area contributed by atoms with Crippen LogP contribution in [0.3, 0.4) is 0 Å². The van der Waals surface area contributed by atoms with E-state index in [1.807, 2.05) is 13.0 Å². The summed E-state index contributed by atoms with van der Waals surface area (Å²) < 4.78 is 47.6. The Morgan fingerprint density at radius 3 is 2.48 bits per heavy atom. The second-order valence-electron chi connectivity index (χ2n) is 6.23. The van der Waals surface area contributed by atoms with E-state index in [0.717, 1.165) is 17.5 Å². The molecule has 1 heterocycles. The maximum absolute atomic E-state index is 13.6. The van der Waals surface area contributed by atoms with E-state index < -0.39 is 11.7 Å². The van der Waals surface area contributed by atoms with Crippen molar-refractivity contribution < 1.29 is 17.9 Å². The first-order chi connectivity index (χ1) is 13.3. The fraction of sp³-hybridized carbons (Fsp3) is 0.474. The molecule has 2 aromatic rings. The van der Waals surface area contributed by atoms with E-state index in [4.69, 9.17) is 4.74 Å². The van der Waals surface area contributed by atoms with Gasteiger partial charge in [0.05, 0.1) is 23.6 Å². The standard InChI is InChI=1S/C19H26F3N5O.HI/c1-5-28-9-8-24-18(23-4)25-12-15-6-7-16(11-17(15)19(20,21)22)27-14(3)10-13(2)26-27;/h6-7,10-11H,5,8-9,12H2,1-4H3,(H2,23,24,25);1H. The van der Waals surface area contributed by atoms with Gasteiger partial charge < -0.3 is 15.4 Å². The molecule has 0 saturated heterocycles. The van der Waals surface area contributed by atoms with E-state index in [9.17, 15) is 13.2 Å². The Bertz CT molecular complexity index is 821. The molecule has 2 rings (SSSR count). The van der Waals surface area contributed by atoms with Crippen LogP contribution in [0.25, 0.3) is 5.69 Å². The SMILES string of the molecule is CCOCCNC(=NC)NCc1ccc(-n2nc(C)cc2C)cc1C(F)(F)F.I. The normalized spacial score (nSPS) is 11.9. The minimum atomic E-state index is -4.48. The van der Waals surface area contributed by atoms with Crippen LogP contribution in [0.15, 0.2) is 29.3 Å². The monoisotopic (exact) mass is 525 g/mol. The average molecular weight is 525 g/mol. The number of alkyl halides is 3. The first-order valence-corrected chi connectivity index (χ1v) is 9.02. The fourth-order valence-electron chi connectivity index (χ4n) is 2.79. The van der Waals surface area contributed by atoms with Crippen molar-refractivity contribution >= 4 is 29.9 Å². The number of nitrogens with zero attached hydrogens (tertiary/aromatic N) is 3. The van der Waals surface area contributed by atoms with E-state index in [2.05, 4.69) is 20.7 Å². The molecule has 0 spiro atoms. The van der Waals surface area contributed by atoms with Crippen molar-refractivity contribution in [1.29, 1.82) is 0 Å². The third kappa shape index (κ3) is 7.18. The molecule has 1 aromatic heterocycles. The number of hydrogen-bond donors (Lipinski definition) is 2. The van der Waals surface area contributed by atoms with Crippen molar-refractivity contribution in [2.75, 3.05) is 26.8 Å². The summed E-state index contributed by atoms with van der Waals surface area (Å²) in [6.07, 6.45) is -4.48. The molecular weight excluding hydrogens is 498 g/mol. The molecule has 0 bridgehead atoms. The van der Waals surface area contributed by atoms with Crippen LogP contribution in [0, 0.1) is 13.8 Å². The number of benzene rings is 1. The smallest absolute Gasteiger partial charge is 0.380 e. The molecule has 0 aliphatic rings. The Morgan fingerprint density at radius 2 is 1.93 bits per heavy atom. The maximum Gasteiger partial charge on any atom is 0.416 e. The number of aryl methyl sites for hydroxylation is 2. The van der Waals surface area contributed by atoms with Gasteiger partial charge >= 0.3 is 6.18 Å². The molecule has 2 N–H and O–H groups in total. The van der Waals surface area contributed by atoms with Gasteiger partial charge in [-0.05, 0) is 44.5 Å². The molecule has 162 valence electrons. The van der Waals surface area contributed by atoms with Crippen molar-refractivity contribution in [2.45, 2.75) is 33.5 Å². The lowest BCUT2D eigenvalue weighted by Crippen LogP contribution is -2.38. The zero-order chi connectivity index (χ0) is 20.7. The minimum Gasteiger partial charge on any atom is -0.380 e. The zero-order valence-electron chi connectivity index (χ0n) is 16.9. The molecule has 0 aliphatic heterocycles. The number of guanidine groups is 1. The summed E-state index contributed by atoms with van der Waals surface area (Å²) in [5, 5.41) is 10.2. The zero-order valence-corrected chi connectivity index (χ0v) is 19.3. The summed E-state index contributed by atoms with van der Waals surface area (Å²) in [4.78, 5) is 4.02. The van der Waals surface area contributed by atoms with Crippen LogP contribution in [-0.4, -0.2) is 42.5 Å². The minimum absolute atomic E-state index is 0. The predicted octanol–water partition coefficient (Wildman–Crippen LogP) is 3.83. The first kappa shape index (κ1) is 25.2. The lowest BCUT2D eigenvalue weighted by molar-refractivity contribution is -0.138. The van der Waals surface area contributed by atoms with Gasteiger partial charge in [-0.2, -0.15) is 18.3 Å². The summed E-state index contributed by atoms with van der Waals surface area (Å²) in [7, 11) is 1.56. The quantitative estimate of drug-likeness (QED) is 0.250. The van der Waals surface area contributed by atoms with Gasteiger partial charge in [0.1, 0.15) is 0 Å². The number of ether oxygens (including phenoxy) is 1. The van der Waals surface area contributed by atoms with Crippen LogP contribution in [0.1, 0.15) is 29.4 Å². The van der Waals surface area contributed by atoms with E-state index in [1.165, 1.54) is 10.7 Å². The van der Waals surface area contributed by atoms with E-state index in [-0.39, 0.29) is 36.1 Å². The van der Waals surface area contributed by atoms with Gasteiger partial charge in [0, 0.05) is 32.4 Å². The third-order valence-electron chi connectivity index (χ3n) is 4.07. The van der Waals surface area contributed by atoms with Crippen LogP contribution >= 0.6 is 24.0 Å². The summed E-state index contributed by atoms with van der Waals surface area (Å²) in [5.41, 5.74) is 1.33. The van der Waals surface area contributed by atoms with Gasteiger partial charge in [0.15, 0.2) is 5.96 Å². The lowest BCUT2D eigenvalue weighted by atomic mass is 10.1. The van der Waals surface area contributed by atoms with Crippen LogP contribution in [0.2, 0.25) is 0 Å². The molecule has 0 atom stereocenters. The summed E-state index contributed by atoms with van der Waals surface area (Å²) in [6, 6.07) is 6.05. The van der Waals surface area contributed by atoms with Crippen LogP contribution in [0.4, 0.5) is 13.2 Å². The molecular formula is C19H27F3IN5O. The molecule has 29 heavy (non-hydrogen) atoms. The van der Waals surface area contributed by atoms with Gasteiger partial charge in [0.2, 0.25) is 0 Å². The Balaban J connectivity index is 0.00000420. The molecule has 0 aliphatic carbocycles. The van der Waals surface area contributed by atoms with Crippen LogP contribution < -0.4 is 10.6 Å². The van der Waals surface area contributed by atoms with Gasteiger partial charge in [-0.1, -0.05) is 6.07 Å². The predicted molar refractivity (Wildman–Crippen MR) is 118 cm³/mol. The number of nitrogens with one attached hydrogen (secondary N) is 2. The van der Waals surface area contributed by atoms with Crippen molar-refractivity contribution in [3.8, 4) is 5.69 Å². The highest BCUT2D eigenvalue weighted by Crippen LogP contribution is 2.33. The van der Waals surface area contributed by atoms with E-state index in [1.54, 1.807) is 27.0 Å². The Morgan fingerprint density at radius 1 is 1.21 bits per heavy atom. The second-order valence-corrected chi connectivity index (χ2v) is 6.23. The molecule has 0 fully saturated rings. The highest BCUT2D eigenvalue weighted by Gasteiger charge is 2.33. The topological polar surface area (TPSA) is 63.5 Å². The number of aromatic nitrogens is 2. The average Bonchev–Trinajstić information content (AvgIpc) is 2.98. The molecule has 6 nitrogen and oxygen atoms in total. The van der Waals surface area contributed by atoms with Crippen molar-refractivity contribution in [2.24, 2.45) is 4.99 Å². The van der Waals surface area contributed by atoms with Crippen LogP contribution in [0.5, 0.6) is 0 Å². The number of rotatable bonds is 7. The molecule has 1 aromatic carbocycles. The largest absolute Gasteiger partial charge is 0.416 e. The summed E-state index contributed by atoms with van der Waals surface area (Å²) >= 11 is 0. The highest BCUT2D eigenvalue weighted by molar-refractivity contribution is 14.0. The molecule has 0 radical (unpaired) electrons.